The second kappa shape index (κ2) is 8.80. The van der Waals surface area contributed by atoms with Crippen LogP contribution >= 0.6 is 0 Å². The zero-order valence-corrected chi connectivity index (χ0v) is 15.1. The number of likely N-dealkylation sites (tertiary alicyclic amines) is 1. The molecule has 0 aliphatic carbocycles. The molecule has 4 unspecified atom stereocenters. The first-order valence-corrected chi connectivity index (χ1v) is 8.45. The van der Waals surface area contributed by atoms with E-state index in [4.69, 9.17) is 10.8 Å². The molecule has 9 heteroatoms. The topological polar surface area (TPSA) is 142 Å². The van der Waals surface area contributed by atoms with Gasteiger partial charge in [0.2, 0.25) is 17.7 Å². The quantitative estimate of drug-likeness (QED) is 0.463. The van der Waals surface area contributed by atoms with Crippen molar-refractivity contribution in [1.82, 2.24) is 15.5 Å². The molecule has 25 heavy (non-hydrogen) atoms. The van der Waals surface area contributed by atoms with Crippen LogP contribution in [0.25, 0.3) is 0 Å². The first kappa shape index (κ1) is 20.9. The Morgan fingerprint density at radius 2 is 1.68 bits per heavy atom. The molecular formula is C16H28N4O5. The van der Waals surface area contributed by atoms with Crippen molar-refractivity contribution < 1.29 is 24.3 Å². The molecule has 1 aliphatic rings. The molecule has 4 atom stereocenters. The third-order valence-electron chi connectivity index (χ3n) is 4.21. The number of aliphatic carboxylic acids is 1. The summed E-state index contributed by atoms with van der Waals surface area (Å²) in [7, 11) is 0. The molecule has 1 rings (SSSR count). The Morgan fingerprint density at radius 1 is 1.08 bits per heavy atom. The number of nitrogens with zero attached hydrogens (tertiary/aromatic N) is 1. The van der Waals surface area contributed by atoms with Crippen LogP contribution in [0.4, 0.5) is 0 Å². The second-order valence-corrected chi connectivity index (χ2v) is 6.78. The molecule has 1 heterocycles. The first-order chi connectivity index (χ1) is 11.6. The molecule has 0 aromatic heterocycles. The van der Waals surface area contributed by atoms with E-state index < -0.39 is 47.9 Å². The van der Waals surface area contributed by atoms with Crippen molar-refractivity contribution in [2.75, 3.05) is 6.54 Å². The summed E-state index contributed by atoms with van der Waals surface area (Å²) in [6, 6.07) is -3.33. The monoisotopic (exact) mass is 356 g/mol. The Kier molecular flexibility index (Phi) is 7.35. The van der Waals surface area contributed by atoms with Gasteiger partial charge in [-0.25, -0.2) is 4.79 Å². The zero-order chi connectivity index (χ0) is 19.3. The summed E-state index contributed by atoms with van der Waals surface area (Å²) < 4.78 is 0. The molecular weight excluding hydrogens is 328 g/mol. The van der Waals surface area contributed by atoms with Gasteiger partial charge in [0, 0.05) is 6.54 Å². The van der Waals surface area contributed by atoms with E-state index in [0.29, 0.717) is 19.4 Å². The SMILES string of the molecule is CC(N)C(=O)NC(C(=O)NC(C)C(=O)N1CCCC1C(=O)O)C(C)C. The number of amides is 3. The first-order valence-electron chi connectivity index (χ1n) is 8.45. The maximum absolute atomic E-state index is 12.5. The molecule has 0 aromatic carbocycles. The van der Waals surface area contributed by atoms with Gasteiger partial charge in [0.1, 0.15) is 18.1 Å². The predicted molar refractivity (Wildman–Crippen MR) is 90.4 cm³/mol. The lowest BCUT2D eigenvalue weighted by molar-refractivity contribution is -0.149. The summed E-state index contributed by atoms with van der Waals surface area (Å²) in [5, 5.41) is 14.3. The fourth-order valence-electron chi connectivity index (χ4n) is 2.72. The maximum atomic E-state index is 12.5. The van der Waals surface area contributed by atoms with Gasteiger partial charge in [-0.2, -0.15) is 0 Å². The third kappa shape index (κ3) is 5.42. The summed E-state index contributed by atoms with van der Waals surface area (Å²) in [4.78, 5) is 49.1. The molecule has 0 aromatic rings. The van der Waals surface area contributed by atoms with E-state index in [0.717, 1.165) is 0 Å². The minimum Gasteiger partial charge on any atom is -0.480 e. The van der Waals surface area contributed by atoms with E-state index >= 15 is 0 Å². The molecule has 0 saturated carbocycles. The smallest absolute Gasteiger partial charge is 0.326 e. The molecule has 5 N–H and O–H groups in total. The molecule has 0 radical (unpaired) electrons. The van der Waals surface area contributed by atoms with Gasteiger partial charge < -0.3 is 26.4 Å². The van der Waals surface area contributed by atoms with E-state index in [2.05, 4.69) is 10.6 Å². The summed E-state index contributed by atoms with van der Waals surface area (Å²) in [5.41, 5.74) is 5.50. The van der Waals surface area contributed by atoms with Crippen LogP contribution in [0.1, 0.15) is 40.5 Å². The molecule has 1 saturated heterocycles. The van der Waals surface area contributed by atoms with E-state index in [-0.39, 0.29) is 5.92 Å². The third-order valence-corrected chi connectivity index (χ3v) is 4.21. The number of carboxylic acids is 1. The number of hydrogen-bond acceptors (Lipinski definition) is 5. The van der Waals surface area contributed by atoms with Gasteiger partial charge in [0.15, 0.2) is 0 Å². The number of carboxylic acid groups (broad SMARTS) is 1. The van der Waals surface area contributed by atoms with Gasteiger partial charge in [0.05, 0.1) is 6.04 Å². The van der Waals surface area contributed by atoms with Crippen LogP contribution in [0, 0.1) is 5.92 Å². The maximum Gasteiger partial charge on any atom is 0.326 e. The summed E-state index contributed by atoms with van der Waals surface area (Å²) in [5.74, 6) is -2.66. The lowest BCUT2D eigenvalue weighted by Gasteiger charge is -2.28. The summed E-state index contributed by atoms with van der Waals surface area (Å²) in [6.45, 7) is 6.89. The van der Waals surface area contributed by atoms with Gasteiger partial charge in [-0.15, -0.1) is 0 Å². The van der Waals surface area contributed by atoms with Crippen molar-refractivity contribution in [3.05, 3.63) is 0 Å². The van der Waals surface area contributed by atoms with Crippen molar-refractivity contribution in [3.63, 3.8) is 0 Å². The summed E-state index contributed by atoms with van der Waals surface area (Å²) >= 11 is 0. The van der Waals surface area contributed by atoms with Crippen molar-refractivity contribution in [2.45, 2.75) is 64.7 Å². The number of nitrogens with two attached hydrogens (primary N) is 1. The van der Waals surface area contributed by atoms with E-state index in [1.54, 1.807) is 13.8 Å². The minimum absolute atomic E-state index is 0.205. The normalized spacial score (nSPS) is 20.7. The molecule has 9 nitrogen and oxygen atoms in total. The zero-order valence-electron chi connectivity index (χ0n) is 15.1. The summed E-state index contributed by atoms with van der Waals surface area (Å²) in [6.07, 6.45) is 1.02. The minimum atomic E-state index is -1.05. The van der Waals surface area contributed by atoms with Crippen molar-refractivity contribution >= 4 is 23.7 Å². The van der Waals surface area contributed by atoms with Crippen LogP contribution < -0.4 is 16.4 Å². The highest BCUT2D eigenvalue weighted by Crippen LogP contribution is 2.18. The molecule has 3 amide bonds. The Labute approximate surface area is 147 Å². The number of nitrogens with one attached hydrogen (secondary N) is 2. The van der Waals surface area contributed by atoms with Crippen LogP contribution in [-0.4, -0.2) is 64.4 Å². The molecule has 1 aliphatic heterocycles. The largest absolute Gasteiger partial charge is 0.480 e. The highest BCUT2D eigenvalue weighted by Gasteiger charge is 2.37. The molecule has 0 bridgehead atoms. The van der Waals surface area contributed by atoms with Gasteiger partial charge in [0.25, 0.3) is 0 Å². The molecule has 142 valence electrons. The van der Waals surface area contributed by atoms with E-state index in [9.17, 15) is 19.2 Å². The fraction of sp³-hybridized carbons (Fsp3) is 0.750. The van der Waals surface area contributed by atoms with Crippen LogP contribution in [0.15, 0.2) is 0 Å². The van der Waals surface area contributed by atoms with Crippen LogP contribution in [0.2, 0.25) is 0 Å². The number of hydrogen-bond donors (Lipinski definition) is 4. The van der Waals surface area contributed by atoms with Gasteiger partial charge in [-0.3, -0.25) is 14.4 Å². The lowest BCUT2D eigenvalue weighted by Crippen LogP contribution is -2.57. The predicted octanol–water partition coefficient (Wildman–Crippen LogP) is -0.945. The Morgan fingerprint density at radius 3 is 2.16 bits per heavy atom. The number of rotatable bonds is 7. The number of carbonyl (C=O) groups is 4. The molecule has 0 spiro atoms. The molecule has 1 fully saturated rings. The highest BCUT2D eigenvalue weighted by molar-refractivity contribution is 5.94. The highest BCUT2D eigenvalue weighted by atomic mass is 16.4. The Balaban J connectivity index is 2.74. The fourth-order valence-corrected chi connectivity index (χ4v) is 2.72. The average molecular weight is 356 g/mol. The van der Waals surface area contributed by atoms with Gasteiger partial charge in [-0.1, -0.05) is 13.8 Å². The number of carbonyl (C=O) groups excluding carboxylic acids is 3. The van der Waals surface area contributed by atoms with E-state index in [1.807, 2.05) is 0 Å². The second-order valence-electron chi connectivity index (χ2n) is 6.78. The van der Waals surface area contributed by atoms with Crippen LogP contribution in [-0.2, 0) is 19.2 Å². The van der Waals surface area contributed by atoms with Crippen LogP contribution in [0.3, 0.4) is 0 Å². The Bertz CT molecular complexity index is 535. The van der Waals surface area contributed by atoms with Crippen molar-refractivity contribution in [2.24, 2.45) is 11.7 Å². The average Bonchev–Trinajstić information content (AvgIpc) is 3.00. The Hall–Kier alpha value is -2.16. The van der Waals surface area contributed by atoms with Gasteiger partial charge in [-0.05, 0) is 32.6 Å². The standard InChI is InChI=1S/C16H28N4O5/c1-8(2)12(19-13(21)9(3)17)14(22)18-10(4)15(23)20-7-5-6-11(20)16(24)25/h8-12H,5-7,17H2,1-4H3,(H,18,22)(H,19,21)(H,24,25). The van der Waals surface area contributed by atoms with Crippen molar-refractivity contribution in [3.8, 4) is 0 Å². The lowest BCUT2D eigenvalue weighted by atomic mass is 10.0. The van der Waals surface area contributed by atoms with Crippen LogP contribution in [0.5, 0.6) is 0 Å². The van der Waals surface area contributed by atoms with Gasteiger partial charge >= 0.3 is 5.97 Å². The van der Waals surface area contributed by atoms with E-state index in [1.165, 1.54) is 18.7 Å². The van der Waals surface area contributed by atoms with Crippen molar-refractivity contribution in [1.29, 1.82) is 0 Å².